The van der Waals surface area contributed by atoms with E-state index in [9.17, 15) is 9.59 Å². The first-order valence-corrected chi connectivity index (χ1v) is 12.0. The Hall–Kier alpha value is -3.17. The fourth-order valence-electron chi connectivity index (χ4n) is 3.64. The average molecular weight is 544 g/mol. The maximum absolute atomic E-state index is 12.4. The summed E-state index contributed by atoms with van der Waals surface area (Å²) < 4.78 is 2.13. The molecule has 2 heterocycles. The molecule has 3 aromatic rings. The van der Waals surface area contributed by atoms with Crippen molar-refractivity contribution in [3.8, 4) is 0 Å². The summed E-state index contributed by atoms with van der Waals surface area (Å²) in [5.41, 5.74) is 4.84. The van der Waals surface area contributed by atoms with Gasteiger partial charge in [-0.05, 0) is 55.0 Å². The van der Waals surface area contributed by atoms with E-state index in [0.29, 0.717) is 16.6 Å². The summed E-state index contributed by atoms with van der Waals surface area (Å²) in [5, 5.41) is 9.27. The lowest BCUT2D eigenvalue weighted by molar-refractivity contribution is -0.121. The molecule has 1 aliphatic rings. The predicted octanol–water partition coefficient (Wildman–Crippen LogP) is 3.53. The van der Waals surface area contributed by atoms with E-state index < -0.39 is 5.91 Å². The SMILES string of the molecule is C/C(=N\NC(=O)Cn1nc(N2CCN(c3ccc(Cl)cc3)CC2)ccc1=O)c1ccc(Br)cc1. The molecule has 0 atom stereocenters. The summed E-state index contributed by atoms with van der Waals surface area (Å²) in [6.45, 7) is 4.71. The van der Waals surface area contributed by atoms with Gasteiger partial charge in [0, 0.05) is 47.4 Å². The van der Waals surface area contributed by atoms with Gasteiger partial charge in [-0.1, -0.05) is 39.7 Å². The van der Waals surface area contributed by atoms with Crippen LogP contribution in [-0.2, 0) is 11.3 Å². The first-order chi connectivity index (χ1) is 16.4. The van der Waals surface area contributed by atoms with Gasteiger partial charge in [0.05, 0.1) is 5.71 Å². The third-order valence-electron chi connectivity index (χ3n) is 5.55. The number of hydrogen-bond donors (Lipinski definition) is 1. The molecule has 8 nitrogen and oxygen atoms in total. The van der Waals surface area contributed by atoms with Gasteiger partial charge < -0.3 is 9.80 Å². The molecule has 1 aromatic heterocycles. The molecule has 0 radical (unpaired) electrons. The molecule has 0 saturated carbocycles. The zero-order valence-electron chi connectivity index (χ0n) is 18.6. The van der Waals surface area contributed by atoms with E-state index in [0.717, 1.165) is 41.9 Å². The molecule has 1 amide bonds. The van der Waals surface area contributed by atoms with Gasteiger partial charge in [0.15, 0.2) is 0 Å². The third kappa shape index (κ3) is 6.03. The molecule has 1 fully saturated rings. The van der Waals surface area contributed by atoms with Gasteiger partial charge in [-0.25, -0.2) is 10.1 Å². The van der Waals surface area contributed by atoms with Gasteiger partial charge in [0.25, 0.3) is 11.5 Å². The van der Waals surface area contributed by atoms with E-state index in [1.807, 2.05) is 48.5 Å². The number of nitrogens with one attached hydrogen (secondary N) is 1. The highest BCUT2D eigenvalue weighted by atomic mass is 79.9. The highest BCUT2D eigenvalue weighted by molar-refractivity contribution is 9.10. The Bertz CT molecular complexity index is 1240. The summed E-state index contributed by atoms with van der Waals surface area (Å²) in [6, 6.07) is 18.5. The molecule has 10 heteroatoms. The quantitative estimate of drug-likeness (QED) is 0.380. The van der Waals surface area contributed by atoms with Gasteiger partial charge in [-0.2, -0.15) is 10.2 Å². The predicted molar refractivity (Wildman–Crippen MR) is 139 cm³/mol. The number of aromatic nitrogens is 2. The zero-order valence-corrected chi connectivity index (χ0v) is 21.0. The van der Waals surface area contributed by atoms with Crippen molar-refractivity contribution in [3.05, 3.63) is 86.1 Å². The lowest BCUT2D eigenvalue weighted by atomic mass is 10.1. The number of amides is 1. The second kappa shape index (κ2) is 10.8. The molecule has 0 bridgehead atoms. The van der Waals surface area contributed by atoms with E-state index in [2.05, 4.69) is 41.4 Å². The van der Waals surface area contributed by atoms with Crippen LogP contribution in [0.25, 0.3) is 0 Å². The Balaban J connectivity index is 1.37. The van der Waals surface area contributed by atoms with Crippen LogP contribution in [-0.4, -0.2) is 47.6 Å². The maximum atomic E-state index is 12.4. The summed E-state index contributed by atoms with van der Waals surface area (Å²) >= 11 is 9.38. The molecule has 2 aromatic carbocycles. The molecule has 0 unspecified atom stereocenters. The number of piperazine rings is 1. The lowest BCUT2D eigenvalue weighted by Crippen LogP contribution is -2.47. The molecule has 0 aliphatic carbocycles. The summed E-state index contributed by atoms with van der Waals surface area (Å²) in [5.74, 6) is 0.244. The molecular formula is C24H24BrClN6O2. The molecule has 0 spiro atoms. The number of carbonyl (C=O) groups is 1. The van der Waals surface area contributed by atoms with Crippen molar-refractivity contribution in [1.82, 2.24) is 15.2 Å². The molecular weight excluding hydrogens is 520 g/mol. The number of anilines is 2. The van der Waals surface area contributed by atoms with Crippen molar-refractivity contribution >= 4 is 50.7 Å². The lowest BCUT2D eigenvalue weighted by Gasteiger charge is -2.36. The highest BCUT2D eigenvalue weighted by Gasteiger charge is 2.19. The largest absolute Gasteiger partial charge is 0.368 e. The average Bonchev–Trinajstić information content (AvgIpc) is 2.85. The number of benzene rings is 2. The Labute approximate surface area is 211 Å². The molecule has 1 N–H and O–H groups in total. The molecule has 176 valence electrons. The van der Waals surface area contributed by atoms with Crippen LogP contribution < -0.4 is 20.8 Å². The number of hydrazone groups is 1. The van der Waals surface area contributed by atoms with E-state index in [-0.39, 0.29) is 12.1 Å². The Kier molecular flexibility index (Phi) is 7.64. The van der Waals surface area contributed by atoms with Crippen LogP contribution in [0.1, 0.15) is 12.5 Å². The van der Waals surface area contributed by atoms with Crippen LogP contribution in [0.2, 0.25) is 5.02 Å². The number of rotatable bonds is 6. The molecule has 1 aliphatic heterocycles. The van der Waals surface area contributed by atoms with Crippen LogP contribution >= 0.6 is 27.5 Å². The van der Waals surface area contributed by atoms with Gasteiger partial charge in [-0.15, -0.1) is 0 Å². The van der Waals surface area contributed by atoms with E-state index >= 15 is 0 Å². The normalized spacial score (nSPS) is 14.3. The fraction of sp³-hybridized carbons (Fsp3) is 0.250. The summed E-state index contributed by atoms with van der Waals surface area (Å²) in [7, 11) is 0. The number of carbonyl (C=O) groups excluding carboxylic acids is 1. The van der Waals surface area contributed by atoms with Gasteiger partial charge in [0.1, 0.15) is 12.4 Å². The third-order valence-corrected chi connectivity index (χ3v) is 6.33. The highest BCUT2D eigenvalue weighted by Crippen LogP contribution is 2.21. The standard InChI is InChI=1S/C24H24BrClN6O2/c1-17(18-2-4-19(25)5-3-18)27-28-23(33)16-32-24(34)11-10-22(29-32)31-14-12-30(13-15-31)21-8-6-20(26)7-9-21/h2-11H,12-16H2,1H3,(H,28,33)/b27-17+. The van der Waals surface area contributed by atoms with Crippen molar-refractivity contribution < 1.29 is 4.79 Å². The maximum Gasteiger partial charge on any atom is 0.267 e. The van der Waals surface area contributed by atoms with Crippen molar-refractivity contribution in [2.75, 3.05) is 36.0 Å². The zero-order chi connectivity index (χ0) is 24.1. The molecule has 34 heavy (non-hydrogen) atoms. The minimum Gasteiger partial charge on any atom is -0.368 e. The minimum atomic E-state index is -0.421. The van der Waals surface area contributed by atoms with E-state index in [1.165, 1.54) is 10.7 Å². The van der Waals surface area contributed by atoms with Gasteiger partial charge in [-0.3, -0.25) is 9.59 Å². The molecule has 1 saturated heterocycles. The number of halogens is 2. The first-order valence-electron chi connectivity index (χ1n) is 10.8. The van der Waals surface area contributed by atoms with E-state index in [1.54, 1.807) is 13.0 Å². The second-order valence-electron chi connectivity index (χ2n) is 7.88. The Morgan fingerprint density at radius 1 is 1.00 bits per heavy atom. The smallest absolute Gasteiger partial charge is 0.267 e. The summed E-state index contributed by atoms with van der Waals surface area (Å²) in [6.07, 6.45) is 0. The number of nitrogens with zero attached hydrogens (tertiary/aromatic N) is 5. The van der Waals surface area contributed by atoms with Crippen molar-refractivity contribution in [2.45, 2.75) is 13.5 Å². The van der Waals surface area contributed by atoms with E-state index in [4.69, 9.17) is 11.6 Å². The van der Waals surface area contributed by atoms with Gasteiger partial charge in [0.2, 0.25) is 0 Å². The van der Waals surface area contributed by atoms with Crippen molar-refractivity contribution in [3.63, 3.8) is 0 Å². The van der Waals surface area contributed by atoms with Gasteiger partial charge >= 0.3 is 0 Å². The van der Waals surface area contributed by atoms with Crippen LogP contribution in [0.3, 0.4) is 0 Å². The van der Waals surface area contributed by atoms with Crippen LogP contribution in [0.15, 0.2) is 75.0 Å². The Morgan fingerprint density at radius 3 is 2.32 bits per heavy atom. The minimum absolute atomic E-state index is 0.214. The fourth-order valence-corrected chi connectivity index (χ4v) is 4.03. The summed E-state index contributed by atoms with van der Waals surface area (Å²) in [4.78, 5) is 29.1. The van der Waals surface area contributed by atoms with Crippen molar-refractivity contribution in [1.29, 1.82) is 0 Å². The molecule has 4 rings (SSSR count). The topological polar surface area (TPSA) is 82.8 Å². The number of hydrogen-bond acceptors (Lipinski definition) is 6. The second-order valence-corrected chi connectivity index (χ2v) is 9.23. The van der Waals surface area contributed by atoms with Crippen LogP contribution in [0, 0.1) is 0 Å². The Morgan fingerprint density at radius 2 is 1.65 bits per heavy atom. The van der Waals surface area contributed by atoms with Crippen LogP contribution in [0.4, 0.5) is 11.5 Å². The first kappa shape index (κ1) is 24.0. The monoisotopic (exact) mass is 542 g/mol. The van der Waals surface area contributed by atoms with Crippen LogP contribution in [0.5, 0.6) is 0 Å². The van der Waals surface area contributed by atoms with Crippen molar-refractivity contribution in [2.24, 2.45) is 5.10 Å².